The Morgan fingerprint density at radius 3 is 0.744 bits per heavy atom. The molecule has 1 atom stereocenters. The Morgan fingerprint density at radius 2 is 0.476 bits per heavy atom. The van der Waals surface area contributed by atoms with Crippen molar-refractivity contribution in [2.45, 2.75) is 316 Å². The molecule has 0 fully saturated rings. The van der Waals surface area contributed by atoms with E-state index in [-0.39, 0.29) is 31.1 Å². The van der Waals surface area contributed by atoms with Gasteiger partial charge in [-0.05, 0) is 116 Å². The first kappa shape index (κ1) is 77.5. The average Bonchev–Trinajstić information content (AvgIpc) is 3.47. The maximum Gasteiger partial charge on any atom is 0.306 e. The summed E-state index contributed by atoms with van der Waals surface area (Å²) in [6.45, 7) is 6.42. The molecular formula is C76H126O6. The third-order valence-corrected chi connectivity index (χ3v) is 14.4. The topological polar surface area (TPSA) is 78.9 Å². The molecule has 0 N–H and O–H groups in total. The van der Waals surface area contributed by atoms with Crippen LogP contribution in [0.1, 0.15) is 310 Å². The van der Waals surface area contributed by atoms with E-state index < -0.39 is 6.10 Å². The highest BCUT2D eigenvalue weighted by Crippen LogP contribution is 2.16. The number of carbonyl (C=O) groups is 3. The molecule has 0 rings (SSSR count). The highest BCUT2D eigenvalue weighted by atomic mass is 16.6. The molecule has 0 aliphatic rings. The van der Waals surface area contributed by atoms with Gasteiger partial charge in [0, 0.05) is 19.3 Å². The Balaban J connectivity index is 4.37. The van der Waals surface area contributed by atoms with Gasteiger partial charge in [0.25, 0.3) is 0 Å². The quantitative estimate of drug-likeness (QED) is 0.0261. The van der Waals surface area contributed by atoms with Crippen molar-refractivity contribution >= 4 is 17.9 Å². The molecule has 0 aliphatic carbocycles. The van der Waals surface area contributed by atoms with Gasteiger partial charge in [0.2, 0.25) is 0 Å². The van der Waals surface area contributed by atoms with Gasteiger partial charge in [-0.2, -0.15) is 0 Å². The Morgan fingerprint density at radius 1 is 0.256 bits per heavy atom. The van der Waals surface area contributed by atoms with E-state index in [1.165, 1.54) is 128 Å². The van der Waals surface area contributed by atoms with Gasteiger partial charge in [-0.15, -0.1) is 0 Å². The zero-order valence-electron chi connectivity index (χ0n) is 53.5. The first-order valence-corrected chi connectivity index (χ1v) is 34.2. The number of esters is 3. The Labute approximate surface area is 506 Å². The second-order valence-electron chi connectivity index (χ2n) is 22.3. The first-order chi connectivity index (χ1) is 40.5. The van der Waals surface area contributed by atoms with E-state index >= 15 is 0 Å². The molecule has 0 aromatic rings. The molecule has 0 aromatic carbocycles. The van der Waals surface area contributed by atoms with Gasteiger partial charge in [0.05, 0.1) is 0 Å². The van der Waals surface area contributed by atoms with Crippen LogP contribution >= 0.6 is 0 Å². The largest absolute Gasteiger partial charge is 0.462 e. The average molecular weight is 1140 g/mol. The predicted octanol–water partition coefficient (Wildman–Crippen LogP) is 23.7. The molecule has 1 unspecified atom stereocenters. The monoisotopic (exact) mass is 1130 g/mol. The summed E-state index contributed by atoms with van der Waals surface area (Å²) in [6, 6.07) is 0. The molecule has 0 bridgehead atoms. The van der Waals surface area contributed by atoms with Crippen molar-refractivity contribution in [1.29, 1.82) is 0 Å². The highest BCUT2D eigenvalue weighted by Gasteiger charge is 2.19. The maximum absolute atomic E-state index is 12.9. The maximum atomic E-state index is 12.9. The summed E-state index contributed by atoms with van der Waals surface area (Å²) in [5.41, 5.74) is 0. The van der Waals surface area contributed by atoms with Crippen molar-refractivity contribution in [3.8, 4) is 0 Å². The molecule has 466 valence electrons. The third kappa shape index (κ3) is 66.4. The standard InChI is InChI=1S/C76H126O6/c1-4-7-10-13-16-19-22-25-28-30-32-34-35-36-37-38-39-40-41-43-44-46-48-51-54-57-60-63-66-69-75(78)81-72-73(71-80-74(77)68-65-62-59-56-53-50-27-24-21-18-15-12-9-6-3)82-76(79)70-67-64-61-58-55-52-49-47-45-42-33-31-29-26-23-20-17-14-11-8-5-2/h7-8,10-11,16-17,19-20,25-26,28-29,32-34,36-37,39-40,42-44,73H,4-6,9,12-15,18,21-24,27,30-31,35,38,41,45-72H2,1-3H3/b10-7-,11-8-,19-16-,20-17-,28-25-,29-26-,34-32-,37-36-,40-39-,42-33-,44-43-. The number of carbonyl (C=O) groups excluding carboxylic acids is 3. The minimum Gasteiger partial charge on any atom is -0.462 e. The zero-order valence-corrected chi connectivity index (χ0v) is 53.5. The summed E-state index contributed by atoms with van der Waals surface area (Å²) in [4.78, 5) is 38.4. The lowest BCUT2D eigenvalue weighted by molar-refractivity contribution is -0.167. The van der Waals surface area contributed by atoms with Crippen LogP contribution in [0.25, 0.3) is 0 Å². The van der Waals surface area contributed by atoms with Gasteiger partial charge in [-0.3, -0.25) is 14.4 Å². The lowest BCUT2D eigenvalue weighted by Gasteiger charge is -2.18. The molecule has 0 amide bonds. The molecular weight excluding hydrogens is 1010 g/mol. The number of rotatable bonds is 61. The SMILES string of the molecule is CC/C=C\C/C=C\C/C=C\C/C=C\C/C=C\C/C=C\C/C=C\CCCCCCCCCC(=O)OCC(COC(=O)CCCCCCCCCCCCCCCC)OC(=O)CCCCCCCCCC/C=C\C/C=C\C/C=C\C/C=C\CC. The van der Waals surface area contributed by atoms with Crippen molar-refractivity contribution in [2.75, 3.05) is 13.2 Å². The molecule has 82 heavy (non-hydrogen) atoms. The lowest BCUT2D eigenvalue weighted by atomic mass is 10.0. The number of hydrogen-bond donors (Lipinski definition) is 0. The second kappa shape index (κ2) is 69.0. The first-order valence-electron chi connectivity index (χ1n) is 34.2. The van der Waals surface area contributed by atoms with Crippen LogP contribution in [0.15, 0.2) is 134 Å². The zero-order chi connectivity index (χ0) is 59.2. The van der Waals surface area contributed by atoms with Crippen molar-refractivity contribution in [2.24, 2.45) is 0 Å². The summed E-state index contributed by atoms with van der Waals surface area (Å²) in [7, 11) is 0. The van der Waals surface area contributed by atoms with Gasteiger partial charge in [-0.25, -0.2) is 0 Å². The fourth-order valence-corrected chi connectivity index (χ4v) is 9.36. The van der Waals surface area contributed by atoms with Crippen LogP contribution in [-0.4, -0.2) is 37.2 Å². The van der Waals surface area contributed by atoms with E-state index in [2.05, 4.69) is 154 Å². The van der Waals surface area contributed by atoms with Gasteiger partial charge >= 0.3 is 17.9 Å². The molecule has 0 heterocycles. The minimum absolute atomic E-state index is 0.0853. The van der Waals surface area contributed by atoms with E-state index in [1.807, 2.05) is 0 Å². The summed E-state index contributed by atoms with van der Waals surface area (Å²) >= 11 is 0. The van der Waals surface area contributed by atoms with Crippen LogP contribution < -0.4 is 0 Å². The van der Waals surface area contributed by atoms with Crippen molar-refractivity contribution in [3.05, 3.63) is 134 Å². The van der Waals surface area contributed by atoms with Crippen LogP contribution in [0.5, 0.6) is 0 Å². The number of allylic oxidation sites excluding steroid dienone is 22. The third-order valence-electron chi connectivity index (χ3n) is 14.4. The minimum atomic E-state index is -0.792. The molecule has 0 aliphatic heterocycles. The Kier molecular flexibility index (Phi) is 65.3. The van der Waals surface area contributed by atoms with E-state index in [4.69, 9.17) is 14.2 Å². The van der Waals surface area contributed by atoms with Gasteiger partial charge < -0.3 is 14.2 Å². The Hall–Kier alpha value is -4.45. The molecule has 0 spiro atoms. The number of ether oxygens (including phenoxy) is 3. The molecule has 0 aromatic heterocycles. The fraction of sp³-hybridized carbons (Fsp3) is 0.671. The van der Waals surface area contributed by atoms with Crippen LogP contribution in [0.4, 0.5) is 0 Å². The van der Waals surface area contributed by atoms with Gasteiger partial charge in [0.1, 0.15) is 13.2 Å². The molecule has 0 radical (unpaired) electrons. The summed E-state index contributed by atoms with van der Waals surface area (Å²) in [6.07, 6.45) is 97.4. The fourth-order valence-electron chi connectivity index (χ4n) is 9.36. The highest BCUT2D eigenvalue weighted by molar-refractivity contribution is 5.71. The normalized spacial score (nSPS) is 13.0. The summed E-state index contributed by atoms with van der Waals surface area (Å²) in [5.74, 6) is -0.897. The van der Waals surface area contributed by atoms with E-state index in [1.54, 1.807) is 0 Å². The summed E-state index contributed by atoms with van der Waals surface area (Å²) < 4.78 is 17.0. The van der Waals surface area contributed by atoms with Crippen molar-refractivity contribution in [1.82, 2.24) is 0 Å². The van der Waals surface area contributed by atoms with Crippen LogP contribution in [-0.2, 0) is 28.6 Å². The van der Waals surface area contributed by atoms with Gasteiger partial charge in [0.15, 0.2) is 6.10 Å². The second-order valence-corrected chi connectivity index (χ2v) is 22.3. The number of unbranched alkanes of at least 4 members (excludes halogenated alkanes) is 28. The van der Waals surface area contributed by atoms with E-state index in [0.29, 0.717) is 19.3 Å². The van der Waals surface area contributed by atoms with Crippen LogP contribution in [0, 0.1) is 0 Å². The Bertz CT molecular complexity index is 1730. The van der Waals surface area contributed by atoms with E-state index in [0.717, 1.165) is 141 Å². The van der Waals surface area contributed by atoms with Crippen molar-refractivity contribution in [3.63, 3.8) is 0 Å². The van der Waals surface area contributed by atoms with Crippen LogP contribution in [0.3, 0.4) is 0 Å². The van der Waals surface area contributed by atoms with Crippen LogP contribution in [0.2, 0.25) is 0 Å². The van der Waals surface area contributed by atoms with Crippen molar-refractivity contribution < 1.29 is 28.6 Å². The molecule has 0 saturated carbocycles. The molecule has 6 heteroatoms. The smallest absolute Gasteiger partial charge is 0.306 e. The molecule has 0 saturated heterocycles. The van der Waals surface area contributed by atoms with Gasteiger partial charge in [-0.1, -0.05) is 309 Å². The predicted molar refractivity (Wildman–Crippen MR) is 357 cm³/mol. The molecule has 6 nitrogen and oxygen atoms in total. The lowest BCUT2D eigenvalue weighted by Crippen LogP contribution is -2.30. The number of hydrogen-bond acceptors (Lipinski definition) is 6. The van der Waals surface area contributed by atoms with E-state index in [9.17, 15) is 14.4 Å². The summed E-state index contributed by atoms with van der Waals surface area (Å²) in [5, 5.41) is 0.